The first-order valence-corrected chi connectivity index (χ1v) is 10.4. The summed E-state index contributed by atoms with van der Waals surface area (Å²) in [7, 11) is 0. The van der Waals surface area contributed by atoms with Crippen molar-refractivity contribution in [2.75, 3.05) is 4.90 Å². The van der Waals surface area contributed by atoms with E-state index >= 15 is 0 Å². The third-order valence-electron chi connectivity index (χ3n) is 4.78. The second-order valence-corrected chi connectivity index (χ2v) is 8.39. The zero-order valence-electron chi connectivity index (χ0n) is 15.0. The third kappa shape index (κ3) is 3.66. The average Bonchev–Trinajstić information content (AvgIpc) is 3.00. The Morgan fingerprint density at radius 3 is 1.93 bits per heavy atom. The highest BCUT2D eigenvalue weighted by atomic mass is 79.9. The van der Waals surface area contributed by atoms with Crippen LogP contribution in [0.1, 0.15) is 17.2 Å². The zero-order valence-corrected chi connectivity index (χ0v) is 18.2. The van der Waals surface area contributed by atoms with Crippen LogP contribution in [0, 0.1) is 0 Å². The van der Waals surface area contributed by atoms with Gasteiger partial charge in [0.25, 0.3) is 11.7 Å². The van der Waals surface area contributed by atoms with Gasteiger partial charge in [0.2, 0.25) is 0 Å². The van der Waals surface area contributed by atoms with Crippen LogP contribution in [0.2, 0.25) is 0 Å². The Kier molecular flexibility index (Phi) is 5.39. The summed E-state index contributed by atoms with van der Waals surface area (Å²) in [5.74, 6) is -1.56. The van der Waals surface area contributed by atoms with Gasteiger partial charge in [0.1, 0.15) is 5.76 Å². The van der Waals surface area contributed by atoms with E-state index < -0.39 is 17.7 Å². The van der Waals surface area contributed by atoms with Gasteiger partial charge in [-0.2, -0.15) is 0 Å². The lowest BCUT2D eigenvalue weighted by molar-refractivity contribution is -0.132. The van der Waals surface area contributed by atoms with Crippen molar-refractivity contribution in [3.05, 3.63) is 105 Å². The van der Waals surface area contributed by atoms with E-state index in [0.29, 0.717) is 11.3 Å². The molecule has 1 fully saturated rings. The van der Waals surface area contributed by atoms with E-state index in [1.54, 1.807) is 36.4 Å². The summed E-state index contributed by atoms with van der Waals surface area (Å²) < 4.78 is 1.72. The van der Waals surface area contributed by atoms with Crippen LogP contribution in [-0.4, -0.2) is 16.8 Å². The number of Topliss-reactive ketones (excluding diaryl/α,β-unsaturated/α-hetero) is 1. The number of carbonyl (C=O) groups is 2. The lowest BCUT2D eigenvalue weighted by Gasteiger charge is -2.25. The molecule has 1 atom stereocenters. The van der Waals surface area contributed by atoms with Gasteiger partial charge < -0.3 is 5.11 Å². The topological polar surface area (TPSA) is 57.6 Å². The standard InChI is InChI=1S/C23H15Br2NO3/c24-16-8-6-15(7-9-16)21(27)19-20(14-4-2-1-3-5-14)26(23(29)22(19)28)18-12-10-17(25)11-13-18/h1-13,20,27H/b21-19+. The van der Waals surface area contributed by atoms with Crippen LogP contribution in [-0.2, 0) is 9.59 Å². The molecule has 1 unspecified atom stereocenters. The lowest BCUT2D eigenvalue weighted by atomic mass is 9.95. The van der Waals surface area contributed by atoms with Crippen molar-refractivity contribution >= 4 is 55.0 Å². The molecule has 1 aliphatic heterocycles. The van der Waals surface area contributed by atoms with Gasteiger partial charge in [-0.25, -0.2) is 0 Å². The Labute approximate surface area is 184 Å². The van der Waals surface area contributed by atoms with Crippen molar-refractivity contribution < 1.29 is 14.7 Å². The molecule has 0 aliphatic carbocycles. The number of carbonyl (C=O) groups excluding carboxylic acids is 2. The number of hydrogen-bond acceptors (Lipinski definition) is 3. The Bertz CT molecular complexity index is 1110. The fourth-order valence-electron chi connectivity index (χ4n) is 3.41. The normalized spacial score (nSPS) is 18.3. The fraction of sp³-hybridized carbons (Fsp3) is 0.0435. The Balaban J connectivity index is 1.93. The Morgan fingerprint density at radius 1 is 0.793 bits per heavy atom. The first kappa shape index (κ1) is 19.6. The number of aliphatic hydroxyl groups excluding tert-OH is 1. The largest absolute Gasteiger partial charge is 0.507 e. The van der Waals surface area contributed by atoms with Gasteiger partial charge >= 0.3 is 0 Å². The lowest BCUT2D eigenvalue weighted by Crippen LogP contribution is -2.29. The summed E-state index contributed by atoms with van der Waals surface area (Å²) in [6, 6.07) is 22.6. The summed E-state index contributed by atoms with van der Waals surface area (Å²) in [6.45, 7) is 0. The van der Waals surface area contributed by atoms with Crippen molar-refractivity contribution in [3.63, 3.8) is 0 Å². The van der Waals surface area contributed by atoms with Crippen LogP contribution in [0.3, 0.4) is 0 Å². The smallest absolute Gasteiger partial charge is 0.300 e. The van der Waals surface area contributed by atoms with E-state index in [2.05, 4.69) is 31.9 Å². The molecule has 4 rings (SSSR count). The minimum Gasteiger partial charge on any atom is -0.507 e. The number of hydrogen-bond donors (Lipinski definition) is 1. The molecule has 0 spiro atoms. The molecular formula is C23H15Br2NO3. The summed E-state index contributed by atoms with van der Waals surface area (Å²) >= 11 is 6.75. The molecule has 1 saturated heterocycles. The maximum atomic E-state index is 13.0. The first-order chi connectivity index (χ1) is 14.0. The molecule has 3 aromatic carbocycles. The maximum absolute atomic E-state index is 13.0. The minimum atomic E-state index is -0.721. The molecule has 0 saturated carbocycles. The Hall–Kier alpha value is -2.70. The number of aliphatic hydroxyl groups is 1. The molecule has 144 valence electrons. The van der Waals surface area contributed by atoms with E-state index in [-0.39, 0.29) is 11.3 Å². The maximum Gasteiger partial charge on any atom is 0.300 e. The SMILES string of the molecule is O=C1C(=O)N(c2ccc(Br)cc2)C(c2ccccc2)/C1=C(\O)c1ccc(Br)cc1. The van der Waals surface area contributed by atoms with Crippen molar-refractivity contribution in [2.24, 2.45) is 0 Å². The number of halogens is 2. The summed E-state index contributed by atoms with van der Waals surface area (Å²) in [5, 5.41) is 11.0. The molecule has 1 heterocycles. The van der Waals surface area contributed by atoms with E-state index in [0.717, 1.165) is 14.5 Å². The van der Waals surface area contributed by atoms with Gasteiger partial charge in [-0.15, -0.1) is 0 Å². The van der Waals surface area contributed by atoms with Gasteiger partial charge in [-0.05, 0) is 42.0 Å². The Morgan fingerprint density at radius 2 is 1.34 bits per heavy atom. The number of ketones is 1. The van der Waals surface area contributed by atoms with E-state index in [4.69, 9.17) is 0 Å². The molecule has 1 aliphatic rings. The monoisotopic (exact) mass is 511 g/mol. The predicted molar refractivity (Wildman–Crippen MR) is 120 cm³/mol. The highest BCUT2D eigenvalue weighted by Crippen LogP contribution is 2.42. The summed E-state index contributed by atoms with van der Waals surface area (Å²) in [5.41, 5.74) is 1.88. The molecule has 1 N–H and O–H groups in total. The van der Waals surface area contributed by atoms with E-state index in [9.17, 15) is 14.7 Å². The highest BCUT2D eigenvalue weighted by Gasteiger charge is 2.46. The van der Waals surface area contributed by atoms with Crippen LogP contribution in [0.15, 0.2) is 93.4 Å². The third-order valence-corrected chi connectivity index (χ3v) is 5.84. The van der Waals surface area contributed by atoms with E-state index in [1.807, 2.05) is 42.5 Å². The fourth-order valence-corrected chi connectivity index (χ4v) is 3.94. The van der Waals surface area contributed by atoms with Gasteiger partial charge in [0.05, 0.1) is 11.6 Å². The number of anilines is 1. The molecule has 3 aromatic rings. The molecule has 6 heteroatoms. The zero-order chi connectivity index (χ0) is 20.5. The van der Waals surface area contributed by atoms with Gasteiger partial charge in [-0.1, -0.05) is 74.3 Å². The quantitative estimate of drug-likeness (QED) is 0.272. The van der Waals surface area contributed by atoms with Crippen LogP contribution < -0.4 is 4.90 Å². The molecule has 4 nitrogen and oxygen atoms in total. The van der Waals surface area contributed by atoms with Gasteiger partial charge in [0.15, 0.2) is 0 Å². The molecular weight excluding hydrogens is 498 g/mol. The van der Waals surface area contributed by atoms with Crippen LogP contribution >= 0.6 is 31.9 Å². The number of amides is 1. The number of benzene rings is 3. The van der Waals surface area contributed by atoms with Crippen molar-refractivity contribution in [3.8, 4) is 0 Å². The van der Waals surface area contributed by atoms with Crippen LogP contribution in [0.25, 0.3) is 5.76 Å². The molecule has 0 bridgehead atoms. The van der Waals surface area contributed by atoms with Crippen molar-refractivity contribution in [1.82, 2.24) is 0 Å². The second kappa shape index (κ2) is 7.97. The number of rotatable bonds is 3. The second-order valence-electron chi connectivity index (χ2n) is 6.56. The average molecular weight is 513 g/mol. The first-order valence-electron chi connectivity index (χ1n) is 8.85. The molecule has 29 heavy (non-hydrogen) atoms. The summed E-state index contributed by atoms with van der Waals surface area (Å²) in [4.78, 5) is 27.4. The van der Waals surface area contributed by atoms with Crippen molar-refractivity contribution in [2.45, 2.75) is 6.04 Å². The van der Waals surface area contributed by atoms with E-state index in [1.165, 1.54) is 4.90 Å². The van der Waals surface area contributed by atoms with Crippen LogP contribution in [0.5, 0.6) is 0 Å². The highest BCUT2D eigenvalue weighted by molar-refractivity contribution is 9.10. The predicted octanol–water partition coefficient (Wildman–Crippen LogP) is 5.84. The van der Waals surface area contributed by atoms with Crippen LogP contribution in [0.4, 0.5) is 5.69 Å². The minimum absolute atomic E-state index is 0.0754. The number of nitrogens with zero attached hydrogens (tertiary/aromatic N) is 1. The van der Waals surface area contributed by atoms with Gasteiger partial charge in [-0.3, -0.25) is 14.5 Å². The summed E-state index contributed by atoms with van der Waals surface area (Å²) in [6.07, 6.45) is 0. The molecule has 0 radical (unpaired) electrons. The van der Waals surface area contributed by atoms with Gasteiger partial charge in [0, 0.05) is 20.2 Å². The molecule has 0 aromatic heterocycles. The molecule has 1 amide bonds. The van der Waals surface area contributed by atoms with Crippen molar-refractivity contribution in [1.29, 1.82) is 0 Å².